The van der Waals surface area contributed by atoms with E-state index in [0.717, 1.165) is 28.3 Å². The zero-order valence-electron chi connectivity index (χ0n) is 18.2. The molecule has 166 valence electrons. The monoisotopic (exact) mass is 458 g/mol. The minimum absolute atomic E-state index is 0.146. The van der Waals surface area contributed by atoms with Crippen molar-refractivity contribution in [3.05, 3.63) is 107 Å². The third-order valence-electron chi connectivity index (χ3n) is 6.09. The lowest BCUT2D eigenvalue weighted by molar-refractivity contribution is 0.472. The minimum Gasteiger partial charge on any atom is -0.506 e. The number of rotatable bonds is 4. The zero-order valence-corrected chi connectivity index (χ0v) is 19.1. The molecule has 3 heterocycles. The topological polar surface area (TPSA) is 53.3 Å². The van der Waals surface area contributed by atoms with E-state index in [1.807, 2.05) is 59.7 Å². The molecule has 0 saturated carbocycles. The summed E-state index contributed by atoms with van der Waals surface area (Å²) in [6.45, 7) is 4.02. The molecule has 5 nitrogen and oxygen atoms in total. The fraction of sp³-hybridized carbons (Fsp3) is 0.154. The van der Waals surface area contributed by atoms with Crippen LogP contribution < -0.4 is 10.2 Å². The van der Waals surface area contributed by atoms with Gasteiger partial charge in [0.2, 0.25) is 0 Å². The summed E-state index contributed by atoms with van der Waals surface area (Å²) < 4.78 is 16.0. The Hall–Kier alpha value is -3.71. The fourth-order valence-corrected chi connectivity index (χ4v) is 5.04. The summed E-state index contributed by atoms with van der Waals surface area (Å²) >= 11 is 5.75. The molecule has 2 aromatic carbocycles. The van der Waals surface area contributed by atoms with Crippen molar-refractivity contribution in [3.63, 3.8) is 0 Å². The maximum atomic E-state index is 14.0. The largest absolute Gasteiger partial charge is 0.506 e. The Morgan fingerprint density at radius 1 is 1.00 bits per heavy atom. The number of aryl methyl sites for hydroxylation is 1. The van der Waals surface area contributed by atoms with Crippen LogP contribution in [-0.4, -0.2) is 19.8 Å². The van der Waals surface area contributed by atoms with E-state index in [4.69, 9.17) is 12.2 Å². The number of aromatic nitrogens is 2. The molecular weight excluding hydrogens is 435 g/mol. The average Bonchev–Trinajstić information content (AvgIpc) is 3.30. The average molecular weight is 459 g/mol. The molecule has 7 heteroatoms. The molecule has 0 spiro atoms. The number of halogens is 1. The summed E-state index contributed by atoms with van der Waals surface area (Å²) in [5, 5.41) is 14.6. The number of pyridine rings is 1. The van der Waals surface area contributed by atoms with Crippen molar-refractivity contribution in [2.24, 2.45) is 0 Å². The summed E-state index contributed by atoms with van der Waals surface area (Å²) in [5.74, 6) is -0.139. The molecule has 0 bridgehead atoms. The first kappa shape index (κ1) is 21.2. The predicted octanol–water partition coefficient (Wildman–Crippen LogP) is 5.51. The molecule has 5 rings (SSSR count). The molecule has 0 amide bonds. The number of phenols is 1. The second-order valence-corrected chi connectivity index (χ2v) is 8.51. The number of hydrogen-bond acceptors (Lipinski definition) is 3. The second-order valence-electron chi connectivity index (χ2n) is 8.13. The predicted molar refractivity (Wildman–Crippen MR) is 131 cm³/mol. The molecule has 1 aliphatic rings. The highest BCUT2D eigenvalue weighted by molar-refractivity contribution is 7.80. The van der Waals surface area contributed by atoms with E-state index in [9.17, 15) is 9.50 Å². The van der Waals surface area contributed by atoms with Gasteiger partial charge < -0.3 is 19.9 Å². The molecule has 2 N–H and O–H groups in total. The number of hydrogen-bond donors (Lipinski definition) is 2. The third-order valence-corrected chi connectivity index (χ3v) is 6.41. The SMILES string of the molecule is Cc1cc(C2C(c3ccccn3)NC(=S)N2c2ccccc2O)c(C)n1-c1cccc(F)c1. The van der Waals surface area contributed by atoms with Crippen LogP contribution >= 0.6 is 12.2 Å². The highest BCUT2D eigenvalue weighted by Crippen LogP contribution is 2.45. The van der Waals surface area contributed by atoms with Crippen LogP contribution in [0.5, 0.6) is 5.75 Å². The van der Waals surface area contributed by atoms with Gasteiger partial charge in [-0.05, 0) is 80.2 Å². The molecule has 33 heavy (non-hydrogen) atoms. The van der Waals surface area contributed by atoms with Gasteiger partial charge in [0.25, 0.3) is 0 Å². The number of phenolic OH excluding ortho intramolecular Hbond substituents is 1. The van der Waals surface area contributed by atoms with Crippen LogP contribution in [0, 0.1) is 19.7 Å². The second kappa shape index (κ2) is 8.33. The number of aromatic hydroxyl groups is 1. The molecular formula is C26H23FN4OS. The van der Waals surface area contributed by atoms with Gasteiger partial charge in [0.15, 0.2) is 5.11 Å². The molecule has 1 aliphatic heterocycles. The first-order chi connectivity index (χ1) is 16.0. The Morgan fingerprint density at radius 2 is 1.79 bits per heavy atom. The molecule has 0 radical (unpaired) electrons. The minimum atomic E-state index is -0.285. The number of anilines is 1. The number of para-hydroxylation sites is 2. The van der Waals surface area contributed by atoms with Gasteiger partial charge in [0, 0.05) is 23.3 Å². The van der Waals surface area contributed by atoms with Gasteiger partial charge in [-0.3, -0.25) is 4.98 Å². The van der Waals surface area contributed by atoms with Gasteiger partial charge in [-0.2, -0.15) is 0 Å². The Kier molecular flexibility index (Phi) is 5.34. The number of thiocarbonyl (C=S) groups is 1. The summed E-state index contributed by atoms with van der Waals surface area (Å²) in [6, 6.07) is 21.1. The summed E-state index contributed by atoms with van der Waals surface area (Å²) in [6.07, 6.45) is 1.76. The number of benzene rings is 2. The number of nitrogens with one attached hydrogen (secondary N) is 1. The summed E-state index contributed by atoms with van der Waals surface area (Å²) in [5.41, 5.74) is 5.18. The quantitative estimate of drug-likeness (QED) is 0.395. The van der Waals surface area contributed by atoms with Crippen LogP contribution in [-0.2, 0) is 0 Å². The highest BCUT2D eigenvalue weighted by Gasteiger charge is 2.43. The lowest BCUT2D eigenvalue weighted by Gasteiger charge is -2.28. The van der Waals surface area contributed by atoms with Crippen molar-refractivity contribution in [1.82, 2.24) is 14.9 Å². The Balaban J connectivity index is 1.70. The van der Waals surface area contributed by atoms with Crippen LogP contribution in [0.1, 0.15) is 34.7 Å². The Bertz CT molecular complexity index is 1340. The van der Waals surface area contributed by atoms with Gasteiger partial charge >= 0.3 is 0 Å². The van der Waals surface area contributed by atoms with E-state index in [-0.39, 0.29) is 23.7 Å². The molecule has 4 aromatic rings. The van der Waals surface area contributed by atoms with Gasteiger partial charge in [-0.15, -0.1) is 0 Å². The van der Waals surface area contributed by atoms with E-state index in [1.54, 1.807) is 24.4 Å². The van der Waals surface area contributed by atoms with Gasteiger partial charge in [0.1, 0.15) is 11.6 Å². The first-order valence-electron chi connectivity index (χ1n) is 10.7. The lowest BCUT2D eigenvalue weighted by atomic mass is 9.96. The normalized spacial score (nSPS) is 17.9. The van der Waals surface area contributed by atoms with Crippen molar-refractivity contribution in [2.75, 3.05) is 4.90 Å². The zero-order chi connectivity index (χ0) is 23.1. The van der Waals surface area contributed by atoms with Gasteiger partial charge in [-0.25, -0.2) is 4.39 Å². The van der Waals surface area contributed by atoms with E-state index >= 15 is 0 Å². The van der Waals surface area contributed by atoms with Crippen LogP contribution in [0.25, 0.3) is 5.69 Å². The van der Waals surface area contributed by atoms with Crippen LogP contribution in [0.15, 0.2) is 79.0 Å². The number of nitrogens with zero attached hydrogens (tertiary/aromatic N) is 3. The molecule has 0 aliphatic carbocycles. The van der Waals surface area contributed by atoms with Crippen molar-refractivity contribution in [3.8, 4) is 11.4 Å². The molecule has 1 saturated heterocycles. The lowest BCUT2D eigenvalue weighted by Crippen LogP contribution is -2.29. The van der Waals surface area contributed by atoms with Crippen molar-refractivity contribution >= 4 is 23.0 Å². The molecule has 2 atom stereocenters. The molecule has 2 unspecified atom stereocenters. The fourth-order valence-electron chi connectivity index (χ4n) is 4.70. The maximum absolute atomic E-state index is 14.0. The molecule has 1 fully saturated rings. The maximum Gasteiger partial charge on any atom is 0.174 e. The van der Waals surface area contributed by atoms with Crippen LogP contribution in [0.4, 0.5) is 10.1 Å². The smallest absolute Gasteiger partial charge is 0.174 e. The van der Waals surface area contributed by atoms with Crippen molar-refractivity contribution < 1.29 is 9.50 Å². The van der Waals surface area contributed by atoms with E-state index in [0.29, 0.717) is 10.8 Å². The van der Waals surface area contributed by atoms with Crippen LogP contribution in [0.3, 0.4) is 0 Å². The Morgan fingerprint density at radius 3 is 2.52 bits per heavy atom. The first-order valence-corrected chi connectivity index (χ1v) is 11.1. The van der Waals surface area contributed by atoms with E-state index < -0.39 is 0 Å². The summed E-state index contributed by atoms with van der Waals surface area (Å²) in [7, 11) is 0. The van der Waals surface area contributed by atoms with E-state index in [1.165, 1.54) is 12.1 Å². The summed E-state index contributed by atoms with van der Waals surface area (Å²) in [4.78, 5) is 6.53. The standard InChI is InChI=1S/C26H23FN4OS/c1-16-14-20(17(2)30(16)19-9-7-8-18(27)15-19)25-24(21-10-5-6-13-28-21)29-26(33)31(25)22-11-3-4-12-23(22)32/h3-15,24-25,32H,1-2H3,(H,29,33). The van der Waals surface area contributed by atoms with Crippen molar-refractivity contribution in [1.29, 1.82) is 0 Å². The third kappa shape index (κ3) is 3.64. The molecule has 2 aromatic heterocycles. The van der Waals surface area contributed by atoms with Crippen LogP contribution in [0.2, 0.25) is 0 Å². The van der Waals surface area contributed by atoms with Gasteiger partial charge in [-0.1, -0.05) is 24.3 Å². The van der Waals surface area contributed by atoms with Crippen molar-refractivity contribution in [2.45, 2.75) is 25.9 Å². The van der Waals surface area contributed by atoms with E-state index in [2.05, 4.69) is 16.4 Å². The van der Waals surface area contributed by atoms with Gasteiger partial charge in [0.05, 0.1) is 23.5 Å². The Labute approximate surface area is 197 Å². The highest BCUT2D eigenvalue weighted by atomic mass is 32.1.